The first-order valence-electron chi connectivity index (χ1n) is 7.66. The minimum Gasteiger partial charge on any atom is -0.494 e. The van der Waals surface area contributed by atoms with Crippen LogP contribution in [0.4, 0.5) is 4.39 Å². The molecule has 0 amide bonds. The zero-order chi connectivity index (χ0) is 17.7. The van der Waals surface area contributed by atoms with Crippen molar-refractivity contribution in [1.29, 1.82) is 0 Å². The molecule has 0 saturated heterocycles. The highest BCUT2D eigenvalue weighted by atomic mass is 19.1. The van der Waals surface area contributed by atoms with E-state index >= 15 is 0 Å². The van der Waals surface area contributed by atoms with E-state index in [2.05, 4.69) is 5.10 Å². The first-order chi connectivity index (χ1) is 11.4. The molecule has 0 aliphatic rings. The maximum absolute atomic E-state index is 13.7. The third-order valence-corrected chi connectivity index (χ3v) is 3.50. The number of hydrogen-bond acceptors (Lipinski definition) is 5. The van der Waals surface area contributed by atoms with Crippen LogP contribution in [0.3, 0.4) is 0 Å². The lowest BCUT2D eigenvalue weighted by atomic mass is 10.2. The van der Waals surface area contributed by atoms with Gasteiger partial charge in [0.1, 0.15) is 5.56 Å². The zero-order valence-electron chi connectivity index (χ0n) is 14.4. The fourth-order valence-corrected chi connectivity index (χ4v) is 2.42. The summed E-state index contributed by atoms with van der Waals surface area (Å²) < 4.78 is 25.3. The molecule has 0 saturated carbocycles. The summed E-state index contributed by atoms with van der Waals surface area (Å²) in [5, 5.41) is 4.32. The number of carbonyl (C=O) groups excluding carboxylic acids is 1. The number of nitrogens with zero attached hydrogens (tertiary/aromatic N) is 3. The molecule has 0 aliphatic heterocycles. The Morgan fingerprint density at radius 1 is 1.42 bits per heavy atom. The number of benzene rings is 1. The Hall–Kier alpha value is -2.41. The number of rotatable bonds is 7. The molecule has 0 atom stereocenters. The van der Waals surface area contributed by atoms with Gasteiger partial charge in [-0.15, -0.1) is 0 Å². The van der Waals surface area contributed by atoms with Crippen molar-refractivity contribution in [2.24, 2.45) is 0 Å². The predicted octanol–water partition coefficient (Wildman–Crippen LogP) is 2.61. The zero-order valence-corrected chi connectivity index (χ0v) is 14.4. The standard InChI is InChI=1S/C17H22FN3O3/c1-5-24-17(22)14-10-21(19-12(14)2)11-20(3)9-13-6-7-16(23-4)15(18)8-13/h6-8,10H,5,9,11H2,1-4H3. The maximum atomic E-state index is 13.7. The Kier molecular flexibility index (Phi) is 5.92. The monoisotopic (exact) mass is 335 g/mol. The lowest BCUT2D eigenvalue weighted by Crippen LogP contribution is -2.22. The second kappa shape index (κ2) is 7.92. The molecule has 1 aromatic heterocycles. The van der Waals surface area contributed by atoms with Crippen LogP contribution in [0.2, 0.25) is 0 Å². The summed E-state index contributed by atoms with van der Waals surface area (Å²) in [5.74, 6) is -0.535. The van der Waals surface area contributed by atoms with E-state index in [1.807, 2.05) is 18.0 Å². The van der Waals surface area contributed by atoms with Gasteiger partial charge in [0, 0.05) is 12.7 Å². The van der Waals surface area contributed by atoms with Gasteiger partial charge in [0.2, 0.25) is 0 Å². The highest BCUT2D eigenvalue weighted by molar-refractivity contribution is 5.90. The molecule has 1 aromatic carbocycles. The van der Waals surface area contributed by atoms with E-state index in [1.165, 1.54) is 13.2 Å². The minimum absolute atomic E-state index is 0.225. The van der Waals surface area contributed by atoms with Crippen LogP contribution in [0.1, 0.15) is 28.5 Å². The molecule has 0 bridgehead atoms. The van der Waals surface area contributed by atoms with E-state index in [-0.39, 0.29) is 17.5 Å². The van der Waals surface area contributed by atoms with Crippen molar-refractivity contribution < 1.29 is 18.7 Å². The van der Waals surface area contributed by atoms with Crippen LogP contribution >= 0.6 is 0 Å². The largest absolute Gasteiger partial charge is 0.494 e. The molecule has 0 unspecified atom stereocenters. The average molecular weight is 335 g/mol. The van der Waals surface area contributed by atoms with Crippen molar-refractivity contribution in [3.05, 3.63) is 47.0 Å². The van der Waals surface area contributed by atoms with Crippen LogP contribution in [0.5, 0.6) is 5.75 Å². The van der Waals surface area contributed by atoms with E-state index in [9.17, 15) is 9.18 Å². The smallest absolute Gasteiger partial charge is 0.341 e. The summed E-state index contributed by atoms with van der Waals surface area (Å²) >= 11 is 0. The molecule has 0 aliphatic carbocycles. The van der Waals surface area contributed by atoms with Gasteiger partial charge in [-0.25, -0.2) is 9.18 Å². The van der Waals surface area contributed by atoms with Crippen molar-refractivity contribution in [3.63, 3.8) is 0 Å². The van der Waals surface area contributed by atoms with Gasteiger partial charge < -0.3 is 9.47 Å². The van der Waals surface area contributed by atoms with Crippen molar-refractivity contribution >= 4 is 5.97 Å². The Labute approximate surface area is 140 Å². The van der Waals surface area contributed by atoms with Gasteiger partial charge in [-0.2, -0.15) is 5.10 Å². The van der Waals surface area contributed by atoms with Gasteiger partial charge in [0.15, 0.2) is 11.6 Å². The molecule has 0 radical (unpaired) electrons. The Morgan fingerprint density at radius 3 is 2.79 bits per heavy atom. The molecular formula is C17H22FN3O3. The highest BCUT2D eigenvalue weighted by Crippen LogP contribution is 2.18. The second-order valence-corrected chi connectivity index (χ2v) is 5.51. The highest BCUT2D eigenvalue weighted by Gasteiger charge is 2.15. The van der Waals surface area contributed by atoms with Gasteiger partial charge in [0.05, 0.1) is 26.1 Å². The molecule has 0 N–H and O–H groups in total. The van der Waals surface area contributed by atoms with E-state index < -0.39 is 0 Å². The van der Waals surface area contributed by atoms with Crippen LogP contribution in [-0.4, -0.2) is 41.4 Å². The van der Waals surface area contributed by atoms with Crippen molar-refractivity contribution in [2.45, 2.75) is 27.1 Å². The number of esters is 1. The minimum atomic E-state index is -0.386. The average Bonchev–Trinajstić information content (AvgIpc) is 2.88. The van der Waals surface area contributed by atoms with Gasteiger partial charge >= 0.3 is 5.97 Å². The van der Waals surface area contributed by atoms with Crippen LogP contribution in [0, 0.1) is 12.7 Å². The number of ether oxygens (including phenoxy) is 2. The molecular weight excluding hydrogens is 313 g/mol. The number of hydrogen-bond donors (Lipinski definition) is 0. The van der Waals surface area contributed by atoms with Crippen LogP contribution < -0.4 is 4.74 Å². The van der Waals surface area contributed by atoms with E-state index in [0.717, 1.165) is 5.56 Å². The topological polar surface area (TPSA) is 56.6 Å². The fourth-order valence-electron chi connectivity index (χ4n) is 2.42. The van der Waals surface area contributed by atoms with Gasteiger partial charge in [0.25, 0.3) is 0 Å². The van der Waals surface area contributed by atoms with Crippen molar-refractivity contribution in [2.75, 3.05) is 20.8 Å². The first kappa shape index (κ1) is 17.9. The predicted molar refractivity (Wildman–Crippen MR) is 87.3 cm³/mol. The third kappa shape index (κ3) is 4.32. The van der Waals surface area contributed by atoms with Crippen molar-refractivity contribution in [1.82, 2.24) is 14.7 Å². The molecule has 2 aromatic rings. The number of aromatic nitrogens is 2. The van der Waals surface area contributed by atoms with E-state index in [1.54, 1.807) is 30.8 Å². The quantitative estimate of drug-likeness (QED) is 0.728. The summed E-state index contributed by atoms with van der Waals surface area (Å²) in [4.78, 5) is 13.8. The van der Waals surface area contributed by atoms with Gasteiger partial charge in [-0.1, -0.05) is 6.07 Å². The van der Waals surface area contributed by atoms with Crippen LogP contribution in [0.25, 0.3) is 0 Å². The van der Waals surface area contributed by atoms with E-state index in [4.69, 9.17) is 9.47 Å². The molecule has 130 valence electrons. The summed E-state index contributed by atoms with van der Waals surface area (Å²) in [6, 6.07) is 4.87. The van der Waals surface area contributed by atoms with Crippen LogP contribution in [0.15, 0.2) is 24.4 Å². The number of halogens is 1. The lowest BCUT2D eigenvalue weighted by molar-refractivity contribution is 0.0525. The summed E-state index contributed by atoms with van der Waals surface area (Å²) in [6.07, 6.45) is 1.67. The van der Waals surface area contributed by atoms with E-state index in [0.29, 0.717) is 31.1 Å². The molecule has 2 rings (SSSR count). The number of methoxy groups -OCH3 is 1. The Bertz CT molecular complexity index is 715. The second-order valence-electron chi connectivity index (χ2n) is 5.51. The van der Waals surface area contributed by atoms with Gasteiger partial charge in [-0.05, 0) is 38.6 Å². The third-order valence-electron chi connectivity index (χ3n) is 3.50. The molecule has 0 fully saturated rings. The first-order valence-corrected chi connectivity index (χ1v) is 7.66. The van der Waals surface area contributed by atoms with Crippen LogP contribution in [-0.2, 0) is 18.0 Å². The SMILES string of the molecule is CCOC(=O)c1cn(CN(C)Cc2ccc(OC)c(F)c2)nc1C. The molecule has 1 heterocycles. The molecule has 6 nitrogen and oxygen atoms in total. The summed E-state index contributed by atoms with van der Waals surface area (Å²) in [6.45, 7) is 4.86. The number of carbonyl (C=O) groups is 1. The number of aryl methyl sites for hydroxylation is 1. The van der Waals surface area contributed by atoms with Crippen molar-refractivity contribution in [3.8, 4) is 5.75 Å². The Balaban J connectivity index is 2.02. The fraction of sp³-hybridized carbons (Fsp3) is 0.412. The molecule has 24 heavy (non-hydrogen) atoms. The Morgan fingerprint density at radius 2 is 2.17 bits per heavy atom. The molecule has 7 heteroatoms. The maximum Gasteiger partial charge on any atom is 0.341 e. The summed E-state index contributed by atoms with van der Waals surface area (Å²) in [7, 11) is 3.33. The summed E-state index contributed by atoms with van der Waals surface area (Å²) in [5.41, 5.74) is 1.91. The van der Waals surface area contributed by atoms with Gasteiger partial charge in [-0.3, -0.25) is 9.58 Å². The normalized spacial score (nSPS) is 10.9. The molecule has 0 spiro atoms. The lowest BCUT2D eigenvalue weighted by Gasteiger charge is -2.17.